The standard InChI is InChI=1S/C12H15ClN2O4/c1-12(2,5-6-16)14-11(17)9-7-8(15(18)19)3-4-10(9)13/h3-4,7,16H,5-6H2,1-2H3,(H,14,17). The number of rotatable bonds is 5. The lowest BCUT2D eigenvalue weighted by molar-refractivity contribution is -0.384. The Morgan fingerprint density at radius 2 is 2.16 bits per heavy atom. The smallest absolute Gasteiger partial charge is 0.270 e. The predicted octanol–water partition coefficient (Wildman–Crippen LogP) is 2.14. The molecular formula is C12H15ClN2O4. The van der Waals surface area contributed by atoms with E-state index < -0.39 is 16.4 Å². The molecule has 0 heterocycles. The zero-order valence-electron chi connectivity index (χ0n) is 10.6. The number of carbonyl (C=O) groups is 1. The van der Waals surface area contributed by atoms with Crippen molar-refractivity contribution in [3.8, 4) is 0 Å². The van der Waals surface area contributed by atoms with Crippen LogP contribution in [0.5, 0.6) is 0 Å². The van der Waals surface area contributed by atoms with Gasteiger partial charge in [-0.25, -0.2) is 0 Å². The summed E-state index contributed by atoms with van der Waals surface area (Å²) in [4.78, 5) is 22.1. The third-order valence-electron chi connectivity index (χ3n) is 2.59. The van der Waals surface area contributed by atoms with Gasteiger partial charge in [-0.15, -0.1) is 0 Å². The van der Waals surface area contributed by atoms with E-state index in [1.54, 1.807) is 13.8 Å². The minimum Gasteiger partial charge on any atom is -0.396 e. The Balaban J connectivity index is 2.99. The molecule has 1 amide bonds. The Morgan fingerprint density at radius 1 is 1.53 bits per heavy atom. The molecule has 0 atom stereocenters. The maximum Gasteiger partial charge on any atom is 0.270 e. The van der Waals surface area contributed by atoms with Gasteiger partial charge < -0.3 is 10.4 Å². The van der Waals surface area contributed by atoms with Crippen LogP contribution in [0.15, 0.2) is 18.2 Å². The van der Waals surface area contributed by atoms with Crippen molar-refractivity contribution in [2.24, 2.45) is 0 Å². The largest absolute Gasteiger partial charge is 0.396 e. The van der Waals surface area contributed by atoms with E-state index in [1.165, 1.54) is 12.1 Å². The monoisotopic (exact) mass is 286 g/mol. The number of benzene rings is 1. The second-order valence-corrected chi connectivity index (χ2v) is 5.14. The van der Waals surface area contributed by atoms with Crippen LogP contribution < -0.4 is 5.32 Å². The summed E-state index contributed by atoms with van der Waals surface area (Å²) in [5, 5.41) is 22.4. The highest BCUT2D eigenvalue weighted by atomic mass is 35.5. The molecule has 0 unspecified atom stereocenters. The van der Waals surface area contributed by atoms with E-state index in [0.717, 1.165) is 6.07 Å². The van der Waals surface area contributed by atoms with Crippen LogP contribution in [0.25, 0.3) is 0 Å². The van der Waals surface area contributed by atoms with Crippen LogP contribution in [0.1, 0.15) is 30.6 Å². The molecule has 0 aliphatic carbocycles. The fraction of sp³-hybridized carbons (Fsp3) is 0.417. The maximum atomic E-state index is 12.0. The number of aliphatic hydroxyl groups excluding tert-OH is 1. The van der Waals surface area contributed by atoms with E-state index in [4.69, 9.17) is 16.7 Å². The first-order chi connectivity index (χ1) is 8.76. The number of nitrogens with one attached hydrogen (secondary N) is 1. The number of halogens is 1. The Hall–Kier alpha value is -1.66. The number of nitro benzene ring substituents is 1. The van der Waals surface area contributed by atoms with E-state index in [9.17, 15) is 14.9 Å². The second-order valence-electron chi connectivity index (χ2n) is 4.73. The Morgan fingerprint density at radius 3 is 2.68 bits per heavy atom. The molecule has 1 aromatic rings. The van der Waals surface area contributed by atoms with Crippen molar-refractivity contribution in [1.29, 1.82) is 0 Å². The number of hydrogen-bond donors (Lipinski definition) is 2. The van der Waals surface area contributed by atoms with Crippen LogP contribution in [-0.2, 0) is 0 Å². The average molecular weight is 287 g/mol. The first kappa shape index (κ1) is 15.4. The van der Waals surface area contributed by atoms with E-state index >= 15 is 0 Å². The molecule has 0 aliphatic heterocycles. The van der Waals surface area contributed by atoms with Gasteiger partial charge in [0.1, 0.15) is 0 Å². The Kier molecular flexibility index (Phi) is 4.85. The molecule has 19 heavy (non-hydrogen) atoms. The molecule has 0 bridgehead atoms. The number of amides is 1. The lowest BCUT2D eigenvalue weighted by Crippen LogP contribution is -2.44. The van der Waals surface area contributed by atoms with Gasteiger partial charge in [0.25, 0.3) is 11.6 Å². The summed E-state index contributed by atoms with van der Waals surface area (Å²) in [5.41, 5.74) is -0.781. The van der Waals surface area contributed by atoms with Crippen molar-refractivity contribution in [1.82, 2.24) is 5.32 Å². The first-order valence-corrected chi connectivity index (χ1v) is 6.02. The molecule has 2 N–H and O–H groups in total. The lowest BCUT2D eigenvalue weighted by atomic mass is 10.0. The van der Waals surface area contributed by atoms with Gasteiger partial charge in [-0.05, 0) is 26.3 Å². The van der Waals surface area contributed by atoms with E-state index in [0.29, 0.717) is 6.42 Å². The topological polar surface area (TPSA) is 92.5 Å². The lowest BCUT2D eigenvalue weighted by Gasteiger charge is -2.25. The average Bonchev–Trinajstić information content (AvgIpc) is 2.28. The third-order valence-corrected chi connectivity index (χ3v) is 2.92. The summed E-state index contributed by atoms with van der Waals surface area (Å²) in [5.74, 6) is -0.507. The van der Waals surface area contributed by atoms with Crippen LogP contribution in [0.3, 0.4) is 0 Å². The van der Waals surface area contributed by atoms with Crippen LogP contribution in [0, 0.1) is 10.1 Å². The van der Waals surface area contributed by atoms with Crippen molar-refractivity contribution < 1.29 is 14.8 Å². The minimum atomic E-state index is -0.625. The summed E-state index contributed by atoms with van der Waals surface area (Å²) < 4.78 is 0. The van der Waals surface area contributed by atoms with E-state index in [-0.39, 0.29) is 22.9 Å². The third kappa shape index (κ3) is 4.18. The van der Waals surface area contributed by atoms with Gasteiger partial charge in [0, 0.05) is 24.3 Å². The zero-order valence-corrected chi connectivity index (χ0v) is 11.4. The van der Waals surface area contributed by atoms with Crippen LogP contribution in [-0.4, -0.2) is 28.1 Å². The molecule has 0 saturated carbocycles. The van der Waals surface area contributed by atoms with E-state index in [1.807, 2.05) is 0 Å². The molecule has 1 rings (SSSR count). The van der Waals surface area contributed by atoms with Crippen molar-refractivity contribution in [3.05, 3.63) is 38.9 Å². The van der Waals surface area contributed by atoms with E-state index in [2.05, 4.69) is 5.32 Å². The molecule has 0 aromatic heterocycles. The fourth-order valence-corrected chi connectivity index (χ4v) is 1.72. The predicted molar refractivity (Wildman–Crippen MR) is 71.4 cm³/mol. The van der Waals surface area contributed by atoms with Crippen molar-refractivity contribution in [2.45, 2.75) is 25.8 Å². The summed E-state index contributed by atoms with van der Waals surface area (Å²) in [6, 6.07) is 3.68. The molecular weight excluding hydrogens is 272 g/mol. The fourth-order valence-electron chi connectivity index (χ4n) is 1.52. The van der Waals surface area contributed by atoms with Crippen molar-refractivity contribution >= 4 is 23.2 Å². The maximum absolute atomic E-state index is 12.0. The van der Waals surface area contributed by atoms with Gasteiger partial charge in [0.2, 0.25) is 0 Å². The minimum absolute atomic E-state index is 0.0434. The highest BCUT2D eigenvalue weighted by Crippen LogP contribution is 2.22. The Labute approximate surface area is 115 Å². The summed E-state index contributed by atoms with van der Waals surface area (Å²) in [6.45, 7) is 3.41. The van der Waals surface area contributed by atoms with Gasteiger partial charge in [0.15, 0.2) is 0 Å². The van der Waals surface area contributed by atoms with Gasteiger partial charge in [-0.1, -0.05) is 11.6 Å². The van der Waals surface area contributed by atoms with Crippen LogP contribution >= 0.6 is 11.6 Å². The SMILES string of the molecule is CC(C)(CCO)NC(=O)c1cc([N+](=O)[O-])ccc1Cl. The molecule has 104 valence electrons. The molecule has 7 heteroatoms. The van der Waals surface area contributed by atoms with Crippen molar-refractivity contribution in [3.63, 3.8) is 0 Å². The van der Waals surface area contributed by atoms with Gasteiger partial charge in [-0.3, -0.25) is 14.9 Å². The number of nitro groups is 1. The molecule has 1 aromatic carbocycles. The molecule has 6 nitrogen and oxygen atoms in total. The molecule has 0 aliphatic rings. The first-order valence-electron chi connectivity index (χ1n) is 5.64. The highest BCUT2D eigenvalue weighted by Gasteiger charge is 2.23. The highest BCUT2D eigenvalue weighted by molar-refractivity contribution is 6.34. The van der Waals surface area contributed by atoms with Crippen LogP contribution in [0.4, 0.5) is 5.69 Å². The normalized spacial score (nSPS) is 11.2. The second kappa shape index (κ2) is 5.99. The number of aliphatic hydroxyl groups is 1. The molecule has 0 fully saturated rings. The number of non-ortho nitro benzene ring substituents is 1. The number of nitrogens with zero attached hydrogens (tertiary/aromatic N) is 1. The summed E-state index contributed by atoms with van der Waals surface area (Å²) in [6.07, 6.45) is 0.366. The van der Waals surface area contributed by atoms with Gasteiger partial charge in [0.05, 0.1) is 15.5 Å². The number of carbonyl (C=O) groups excluding carboxylic acids is 1. The van der Waals surface area contributed by atoms with Gasteiger partial charge in [-0.2, -0.15) is 0 Å². The van der Waals surface area contributed by atoms with Crippen LogP contribution in [0.2, 0.25) is 5.02 Å². The molecule has 0 saturated heterocycles. The number of hydrogen-bond acceptors (Lipinski definition) is 4. The molecule has 0 spiro atoms. The van der Waals surface area contributed by atoms with Gasteiger partial charge >= 0.3 is 0 Å². The summed E-state index contributed by atoms with van der Waals surface area (Å²) in [7, 11) is 0. The molecule has 0 radical (unpaired) electrons. The quantitative estimate of drug-likeness (QED) is 0.640. The Bertz CT molecular complexity index is 503. The van der Waals surface area contributed by atoms with Crippen molar-refractivity contribution in [2.75, 3.05) is 6.61 Å². The zero-order chi connectivity index (χ0) is 14.6. The summed E-state index contributed by atoms with van der Waals surface area (Å²) >= 11 is 5.87.